The Balaban J connectivity index is 2.05. The van der Waals surface area contributed by atoms with Crippen molar-refractivity contribution in [2.24, 2.45) is 0 Å². The van der Waals surface area contributed by atoms with Crippen LogP contribution in [0, 0.1) is 5.82 Å². The van der Waals surface area contributed by atoms with Crippen molar-refractivity contribution in [3.8, 4) is 11.3 Å². The highest BCUT2D eigenvalue weighted by atomic mass is 19.1. The van der Waals surface area contributed by atoms with Crippen LogP contribution < -0.4 is 5.32 Å². The fourth-order valence-electron chi connectivity index (χ4n) is 1.62. The van der Waals surface area contributed by atoms with Gasteiger partial charge in [-0.05, 0) is 24.3 Å². The highest BCUT2D eigenvalue weighted by Gasteiger charge is 2.10. The van der Waals surface area contributed by atoms with E-state index in [4.69, 9.17) is 9.26 Å². The predicted octanol–water partition coefficient (Wildman–Crippen LogP) is 2.22. The third-order valence-electron chi connectivity index (χ3n) is 2.55. The molecule has 18 heavy (non-hydrogen) atoms. The molecule has 1 aromatic heterocycles. The molecule has 5 heteroatoms. The summed E-state index contributed by atoms with van der Waals surface area (Å²) in [7, 11) is 1.66. The first-order valence-corrected chi connectivity index (χ1v) is 5.70. The fraction of sp³-hybridized carbons (Fsp3) is 0.308. The monoisotopic (exact) mass is 250 g/mol. The highest BCUT2D eigenvalue weighted by molar-refractivity contribution is 5.60. The Hall–Kier alpha value is -1.72. The lowest BCUT2D eigenvalue weighted by Crippen LogP contribution is -2.18. The molecule has 0 saturated heterocycles. The number of methoxy groups -OCH3 is 1. The van der Waals surface area contributed by atoms with Gasteiger partial charge in [0.05, 0.1) is 12.8 Å². The van der Waals surface area contributed by atoms with Crippen LogP contribution in [0.4, 0.5) is 4.39 Å². The smallest absolute Gasteiger partial charge is 0.171 e. The number of ether oxygens (including phenoxy) is 1. The molecule has 1 aromatic carbocycles. The minimum absolute atomic E-state index is 0.266. The summed E-state index contributed by atoms with van der Waals surface area (Å²) in [6.07, 6.45) is 1.67. The second-order valence-electron chi connectivity index (χ2n) is 3.86. The molecule has 0 spiro atoms. The van der Waals surface area contributed by atoms with Crippen molar-refractivity contribution in [2.75, 3.05) is 20.3 Å². The average molecular weight is 250 g/mol. The zero-order chi connectivity index (χ0) is 12.8. The van der Waals surface area contributed by atoms with Gasteiger partial charge in [0, 0.05) is 31.3 Å². The van der Waals surface area contributed by atoms with E-state index < -0.39 is 0 Å². The summed E-state index contributed by atoms with van der Waals surface area (Å²) in [4.78, 5) is 0. The maximum absolute atomic E-state index is 12.8. The minimum atomic E-state index is -0.266. The number of hydrogen-bond acceptors (Lipinski definition) is 4. The van der Waals surface area contributed by atoms with Crippen molar-refractivity contribution in [1.82, 2.24) is 10.5 Å². The second-order valence-corrected chi connectivity index (χ2v) is 3.86. The number of nitrogens with one attached hydrogen (secondary N) is 1. The molecular weight excluding hydrogens is 235 g/mol. The third kappa shape index (κ3) is 3.15. The summed E-state index contributed by atoms with van der Waals surface area (Å²) in [6, 6.07) is 6.16. The van der Waals surface area contributed by atoms with E-state index in [-0.39, 0.29) is 5.82 Å². The lowest BCUT2D eigenvalue weighted by Gasteiger charge is -2.03. The standard InChI is InChI=1S/C13H15FN2O2/c1-17-7-6-15-8-11-9-16-18-13(11)10-2-4-12(14)5-3-10/h2-5,9,15H,6-8H2,1H3. The Morgan fingerprint density at radius 1 is 1.33 bits per heavy atom. The summed E-state index contributed by atoms with van der Waals surface area (Å²) < 4.78 is 23.0. The van der Waals surface area contributed by atoms with Gasteiger partial charge in [-0.2, -0.15) is 0 Å². The number of rotatable bonds is 6. The molecule has 0 bridgehead atoms. The maximum atomic E-state index is 12.8. The number of hydrogen-bond donors (Lipinski definition) is 1. The Labute approximate surface area is 105 Å². The Kier molecular flexibility index (Phi) is 4.44. The Bertz CT molecular complexity index is 482. The van der Waals surface area contributed by atoms with Crippen LogP contribution >= 0.6 is 0 Å². The minimum Gasteiger partial charge on any atom is -0.383 e. The molecule has 1 N–H and O–H groups in total. The van der Waals surface area contributed by atoms with E-state index in [1.54, 1.807) is 25.4 Å². The molecule has 2 rings (SSSR count). The van der Waals surface area contributed by atoms with Crippen molar-refractivity contribution in [2.45, 2.75) is 6.54 Å². The van der Waals surface area contributed by atoms with Crippen LogP contribution in [0.2, 0.25) is 0 Å². The van der Waals surface area contributed by atoms with Crippen LogP contribution in [-0.2, 0) is 11.3 Å². The molecular formula is C13H15FN2O2. The molecule has 96 valence electrons. The van der Waals surface area contributed by atoms with E-state index in [0.29, 0.717) is 18.9 Å². The van der Waals surface area contributed by atoms with Crippen molar-refractivity contribution in [1.29, 1.82) is 0 Å². The largest absolute Gasteiger partial charge is 0.383 e. The molecule has 0 fully saturated rings. The van der Waals surface area contributed by atoms with Gasteiger partial charge in [-0.25, -0.2) is 4.39 Å². The van der Waals surface area contributed by atoms with Gasteiger partial charge in [-0.15, -0.1) is 0 Å². The van der Waals surface area contributed by atoms with Crippen LogP contribution in [0.25, 0.3) is 11.3 Å². The zero-order valence-electron chi connectivity index (χ0n) is 10.1. The van der Waals surface area contributed by atoms with E-state index in [1.807, 2.05) is 0 Å². The summed E-state index contributed by atoms with van der Waals surface area (Å²) in [5.41, 5.74) is 1.76. The summed E-state index contributed by atoms with van der Waals surface area (Å²) in [5, 5.41) is 6.99. The number of nitrogens with zero attached hydrogens (tertiary/aromatic N) is 1. The van der Waals surface area contributed by atoms with Gasteiger partial charge in [0.25, 0.3) is 0 Å². The summed E-state index contributed by atoms with van der Waals surface area (Å²) in [5.74, 6) is 0.401. The average Bonchev–Trinajstić information content (AvgIpc) is 2.84. The molecule has 0 amide bonds. The third-order valence-corrected chi connectivity index (χ3v) is 2.55. The van der Waals surface area contributed by atoms with Gasteiger partial charge in [-0.3, -0.25) is 0 Å². The van der Waals surface area contributed by atoms with E-state index in [1.165, 1.54) is 12.1 Å². The SMILES string of the molecule is COCCNCc1cnoc1-c1ccc(F)cc1. The van der Waals surface area contributed by atoms with E-state index in [2.05, 4.69) is 10.5 Å². The number of halogens is 1. The van der Waals surface area contributed by atoms with Crippen molar-refractivity contribution in [3.63, 3.8) is 0 Å². The lowest BCUT2D eigenvalue weighted by molar-refractivity contribution is 0.199. The Morgan fingerprint density at radius 2 is 2.11 bits per heavy atom. The molecule has 0 aliphatic heterocycles. The molecule has 0 unspecified atom stereocenters. The number of benzene rings is 1. The summed E-state index contributed by atoms with van der Waals surface area (Å²) in [6.45, 7) is 2.04. The van der Waals surface area contributed by atoms with E-state index in [0.717, 1.165) is 17.7 Å². The van der Waals surface area contributed by atoms with Crippen molar-refractivity contribution < 1.29 is 13.7 Å². The number of aromatic nitrogens is 1. The summed E-state index contributed by atoms with van der Waals surface area (Å²) >= 11 is 0. The van der Waals surface area contributed by atoms with Gasteiger partial charge in [0.2, 0.25) is 0 Å². The van der Waals surface area contributed by atoms with Crippen LogP contribution in [0.5, 0.6) is 0 Å². The van der Waals surface area contributed by atoms with Gasteiger partial charge in [0.15, 0.2) is 5.76 Å². The molecule has 0 saturated carbocycles. The highest BCUT2D eigenvalue weighted by Crippen LogP contribution is 2.23. The molecule has 4 nitrogen and oxygen atoms in total. The van der Waals surface area contributed by atoms with Crippen molar-refractivity contribution >= 4 is 0 Å². The topological polar surface area (TPSA) is 47.3 Å². The van der Waals surface area contributed by atoms with Crippen molar-refractivity contribution in [3.05, 3.63) is 41.8 Å². The molecule has 2 aromatic rings. The first kappa shape index (κ1) is 12.7. The Morgan fingerprint density at radius 3 is 2.83 bits per heavy atom. The van der Waals surface area contributed by atoms with Gasteiger partial charge < -0.3 is 14.6 Å². The molecule has 0 radical (unpaired) electrons. The molecule has 0 atom stereocenters. The second kappa shape index (κ2) is 6.28. The van der Waals surface area contributed by atoms with Crippen LogP contribution in [0.15, 0.2) is 35.0 Å². The van der Waals surface area contributed by atoms with Crippen LogP contribution in [0.3, 0.4) is 0 Å². The lowest BCUT2D eigenvalue weighted by atomic mass is 10.1. The van der Waals surface area contributed by atoms with Gasteiger partial charge >= 0.3 is 0 Å². The predicted molar refractivity (Wildman–Crippen MR) is 65.5 cm³/mol. The first-order chi connectivity index (χ1) is 8.81. The van der Waals surface area contributed by atoms with Crippen LogP contribution in [0.1, 0.15) is 5.56 Å². The molecule has 1 heterocycles. The zero-order valence-corrected chi connectivity index (χ0v) is 10.1. The van der Waals surface area contributed by atoms with Crippen LogP contribution in [-0.4, -0.2) is 25.4 Å². The van der Waals surface area contributed by atoms with E-state index >= 15 is 0 Å². The molecule has 0 aliphatic carbocycles. The van der Waals surface area contributed by atoms with Gasteiger partial charge in [0.1, 0.15) is 5.82 Å². The maximum Gasteiger partial charge on any atom is 0.171 e. The quantitative estimate of drug-likeness (QED) is 0.798. The first-order valence-electron chi connectivity index (χ1n) is 5.70. The van der Waals surface area contributed by atoms with Gasteiger partial charge in [-0.1, -0.05) is 5.16 Å². The van der Waals surface area contributed by atoms with E-state index in [9.17, 15) is 4.39 Å². The molecule has 0 aliphatic rings. The fourth-order valence-corrected chi connectivity index (χ4v) is 1.62. The normalized spacial score (nSPS) is 10.8.